The van der Waals surface area contributed by atoms with E-state index < -0.39 is 0 Å². The fourth-order valence-corrected chi connectivity index (χ4v) is 3.25. The molecule has 0 bridgehead atoms. The van der Waals surface area contributed by atoms with Gasteiger partial charge in [0.25, 0.3) is 0 Å². The minimum Gasteiger partial charge on any atom is -0.324 e. The van der Waals surface area contributed by atoms with Crippen LogP contribution in [0.2, 0.25) is 0 Å². The van der Waals surface area contributed by atoms with Crippen LogP contribution in [0.5, 0.6) is 0 Å². The van der Waals surface area contributed by atoms with E-state index in [4.69, 9.17) is 5.73 Å². The highest BCUT2D eigenvalue weighted by atomic mass is 14.7. The van der Waals surface area contributed by atoms with Crippen LogP contribution in [0.4, 0.5) is 0 Å². The van der Waals surface area contributed by atoms with Crippen molar-refractivity contribution in [3.8, 4) is 0 Å². The van der Waals surface area contributed by atoms with E-state index in [-0.39, 0.29) is 6.04 Å². The van der Waals surface area contributed by atoms with Gasteiger partial charge in [-0.15, -0.1) is 0 Å². The van der Waals surface area contributed by atoms with Crippen molar-refractivity contribution in [3.63, 3.8) is 0 Å². The predicted molar refractivity (Wildman–Crippen MR) is 94.9 cm³/mol. The molecule has 0 heterocycles. The van der Waals surface area contributed by atoms with E-state index in [1.165, 1.54) is 42.4 Å². The maximum atomic E-state index is 6.68. The number of nitrogens with two attached hydrogens (primary N) is 1. The topological polar surface area (TPSA) is 26.0 Å². The van der Waals surface area contributed by atoms with Crippen LogP contribution in [0.3, 0.4) is 0 Å². The molecule has 1 heteroatoms. The van der Waals surface area contributed by atoms with Crippen molar-refractivity contribution in [1.29, 1.82) is 0 Å². The molecule has 1 rings (SSSR count). The lowest BCUT2D eigenvalue weighted by Gasteiger charge is -2.27. The molecular formula is C20H35N. The minimum absolute atomic E-state index is 0.184. The summed E-state index contributed by atoms with van der Waals surface area (Å²) in [6.07, 6.45) is 4.91. The molecule has 1 atom stereocenters. The molecule has 2 N–H and O–H groups in total. The van der Waals surface area contributed by atoms with Crippen molar-refractivity contribution in [3.05, 3.63) is 34.9 Å². The van der Waals surface area contributed by atoms with Crippen LogP contribution in [0.25, 0.3) is 0 Å². The highest BCUT2D eigenvalue weighted by Crippen LogP contribution is 2.34. The summed E-state index contributed by atoms with van der Waals surface area (Å²) in [7, 11) is 0. The molecule has 0 aromatic heterocycles. The fourth-order valence-electron chi connectivity index (χ4n) is 3.25. The van der Waals surface area contributed by atoms with E-state index >= 15 is 0 Å². The summed E-state index contributed by atoms with van der Waals surface area (Å²) in [4.78, 5) is 0. The Bertz CT molecular complexity index is 414. The molecule has 1 unspecified atom stereocenters. The summed E-state index contributed by atoms with van der Waals surface area (Å²) in [6.45, 7) is 13.6. The molecule has 1 aromatic rings. The second-order valence-electron chi connectivity index (χ2n) is 7.06. The molecule has 21 heavy (non-hydrogen) atoms. The zero-order valence-corrected chi connectivity index (χ0v) is 14.9. The molecular weight excluding hydrogens is 254 g/mol. The van der Waals surface area contributed by atoms with Crippen LogP contribution < -0.4 is 5.73 Å². The maximum absolute atomic E-state index is 6.68. The number of hydrogen-bond donors (Lipinski definition) is 1. The van der Waals surface area contributed by atoms with E-state index in [9.17, 15) is 0 Å². The average molecular weight is 290 g/mol. The second kappa shape index (κ2) is 8.58. The molecule has 0 aliphatic heterocycles. The first-order valence-electron chi connectivity index (χ1n) is 8.81. The maximum Gasteiger partial charge on any atom is 0.0326 e. The normalized spacial score (nSPS) is 13.4. The Hall–Kier alpha value is -0.820. The summed E-state index contributed by atoms with van der Waals surface area (Å²) >= 11 is 0. The van der Waals surface area contributed by atoms with Gasteiger partial charge in [-0.1, -0.05) is 72.6 Å². The molecule has 0 spiro atoms. The molecule has 0 fully saturated rings. The predicted octanol–water partition coefficient (Wildman–Crippen LogP) is 6.15. The Morgan fingerprint density at radius 1 is 0.857 bits per heavy atom. The van der Waals surface area contributed by atoms with Gasteiger partial charge in [0.2, 0.25) is 0 Å². The molecule has 0 saturated carbocycles. The fraction of sp³-hybridized carbons (Fsp3) is 0.700. The molecule has 1 aromatic carbocycles. The summed E-state index contributed by atoms with van der Waals surface area (Å²) < 4.78 is 0. The van der Waals surface area contributed by atoms with Gasteiger partial charge in [-0.25, -0.2) is 0 Å². The van der Waals surface area contributed by atoms with Gasteiger partial charge in [0, 0.05) is 6.04 Å². The molecule has 1 nitrogen and oxygen atoms in total. The molecule has 120 valence electrons. The van der Waals surface area contributed by atoms with Crippen LogP contribution >= 0.6 is 0 Å². The van der Waals surface area contributed by atoms with Crippen molar-refractivity contribution >= 4 is 0 Å². The molecule has 0 radical (unpaired) electrons. The van der Waals surface area contributed by atoms with Gasteiger partial charge >= 0.3 is 0 Å². The smallest absolute Gasteiger partial charge is 0.0326 e. The molecule has 0 aliphatic rings. The van der Waals surface area contributed by atoms with Gasteiger partial charge in [0.05, 0.1) is 0 Å². The van der Waals surface area contributed by atoms with Crippen LogP contribution in [-0.4, -0.2) is 0 Å². The Morgan fingerprint density at radius 3 is 1.86 bits per heavy atom. The lowest BCUT2D eigenvalue weighted by atomic mass is 9.81. The Kier molecular flexibility index (Phi) is 7.45. The van der Waals surface area contributed by atoms with Gasteiger partial charge < -0.3 is 5.73 Å². The number of benzene rings is 1. The zero-order valence-electron chi connectivity index (χ0n) is 14.9. The largest absolute Gasteiger partial charge is 0.324 e. The van der Waals surface area contributed by atoms with Crippen molar-refractivity contribution in [1.82, 2.24) is 0 Å². The van der Waals surface area contributed by atoms with E-state index in [1.807, 2.05) is 0 Å². The first kappa shape index (κ1) is 18.2. The quantitative estimate of drug-likeness (QED) is 0.610. The van der Waals surface area contributed by atoms with Crippen molar-refractivity contribution < 1.29 is 0 Å². The Labute approximate surface area is 132 Å². The number of rotatable bonds is 8. The molecule has 0 amide bonds. The van der Waals surface area contributed by atoms with Crippen molar-refractivity contribution in [2.45, 2.75) is 85.1 Å². The van der Waals surface area contributed by atoms with Gasteiger partial charge in [-0.3, -0.25) is 0 Å². The highest BCUT2D eigenvalue weighted by Gasteiger charge is 2.22. The van der Waals surface area contributed by atoms with E-state index in [0.29, 0.717) is 17.8 Å². The number of hydrogen-bond acceptors (Lipinski definition) is 1. The monoisotopic (exact) mass is 289 g/mol. The van der Waals surface area contributed by atoms with E-state index in [2.05, 4.69) is 59.7 Å². The van der Waals surface area contributed by atoms with E-state index in [0.717, 1.165) is 0 Å². The van der Waals surface area contributed by atoms with Gasteiger partial charge in [0.15, 0.2) is 0 Å². The summed E-state index contributed by atoms with van der Waals surface area (Å²) in [5.74, 6) is 1.73. The van der Waals surface area contributed by atoms with Crippen LogP contribution in [0.1, 0.15) is 102 Å². The zero-order chi connectivity index (χ0) is 16.0. The summed E-state index contributed by atoms with van der Waals surface area (Å²) in [6, 6.07) is 7.15. The summed E-state index contributed by atoms with van der Waals surface area (Å²) in [5, 5.41) is 0. The third kappa shape index (κ3) is 4.85. The first-order chi connectivity index (χ1) is 9.92. The van der Waals surface area contributed by atoms with Crippen LogP contribution in [0.15, 0.2) is 18.2 Å². The minimum atomic E-state index is 0.184. The van der Waals surface area contributed by atoms with Crippen molar-refractivity contribution in [2.75, 3.05) is 0 Å². The SMILES string of the molecule is CCCC(CCC)C(N)c1ccc(C(C)C)cc1C(C)C. The van der Waals surface area contributed by atoms with Gasteiger partial charge in [-0.05, 0) is 47.3 Å². The second-order valence-corrected chi connectivity index (χ2v) is 7.06. The lowest BCUT2D eigenvalue weighted by molar-refractivity contribution is 0.366. The van der Waals surface area contributed by atoms with Gasteiger partial charge in [-0.2, -0.15) is 0 Å². The third-order valence-electron chi connectivity index (χ3n) is 4.59. The van der Waals surface area contributed by atoms with Crippen LogP contribution in [-0.2, 0) is 0 Å². The average Bonchev–Trinajstić information content (AvgIpc) is 2.45. The van der Waals surface area contributed by atoms with Crippen LogP contribution in [0, 0.1) is 5.92 Å². The first-order valence-corrected chi connectivity index (χ1v) is 8.81. The van der Waals surface area contributed by atoms with E-state index in [1.54, 1.807) is 0 Å². The molecule has 0 saturated heterocycles. The Morgan fingerprint density at radius 2 is 1.43 bits per heavy atom. The molecule has 0 aliphatic carbocycles. The highest BCUT2D eigenvalue weighted by molar-refractivity contribution is 5.37. The standard InChI is InChI=1S/C20H35N/c1-7-9-16(10-8-2)20(21)18-12-11-17(14(3)4)13-19(18)15(5)6/h11-16,20H,7-10,21H2,1-6H3. The lowest BCUT2D eigenvalue weighted by Crippen LogP contribution is -2.23. The third-order valence-corrected chi connectivity index (χ3v) is 4.59. The Balaban J connectivity index is 3.14. The summed E-state index contributed by atoms with van der Waals surface area (Å²) in [5.41, 5.74) is 10.9. The van der Waals surface area contributed by atoms with Crippen molar-refractivity contribution in [2.24, 2.45) is 11.7 Å². The van der Waals surface area contributed by atoms with Gasteiger partial charge in [0.1, 0.15) is 0 Å².